The monoisotopic (exact) mass is 1030 g/mol. The summed E-state index contributed by atoms with van der Waals surface area (Å²) in [6, 6.07) is 0. The van der Waals surface area contributed by atoms with Crippen LogP contribution in [0.25, 0.3) is 0 Å². The van der Waals surface area contributed by atoms with Gasteiger partial charge in [-0.15, -0.1) is 0 Å². The first-order valence-corrected chi connectivity index (χ1v) is 31.2. The van der Waals surface area contributed by atoms with E-state index in [4.69, 9.17) is 14.2 Å². The number of carbonyl (C=O) groups is 3. The molecule has 0 spiro atoms. The maximum atomic E-state index is 12.9. The van der Waals surface area contributed by atoms with E-state index in [1.807, 2.05) is 0 Å². The van der Waals surface area contributed by atoms with Gasteiger partial charge in [0.2, 0.25) is 0 Å². The molecule has 0 aromatic heterocycles. The van der Waals surface area contributed by atoms with Gasteiger partial charge in [-0.1, -0.05) is 259 Å². The molecule has 0 aliphatic heterocycles. The van der Waals surface area contributed by atoms with Crippen molar-refractivity contribution < 1.29 is 28.6 Å². The topological polar surface area (TPSA) is 78.9 Å². The Morgan fingerprint density at radius 3 is 0.865 bits per heavy atom. The van der Waals surface area contributed by atoms with E-state index < -0.39 is 6.10 Å². The zero-order valence-corrected chi connectivity index (χ0v) is 48.6. The summed E-state index contributed by atoms with van der Waals surface area (Å²) in [5, 5.41) is 0. The second-order valence-corrected chi connectivity index (χ2v) is 20.6. The van der Waals surface area contributed by atoms with Crippen LogP contribution in [0, 0.1) is 0 Å². The lowest BCUT2D eigenvalue weighted by Gasteiger charge is -2.18. The average Bonchev–Trinajstić information content (AvgIpc) is 3.40. The highest BCUT2D eigenvalue weighted by atomic mass is 16.6. The Labute approximate surface area is 457 Å². The van der Waals surface area contributed by atoms with Crippen LogP contribution in [0.5, 0.6) is 0 Å². The average molecular weight is 1030 g/mol. The van der Waals surface area contributed by atoms with E-state index in [0.717, 1.165) is 135 Å². The fourth-order valence-electron chi connectivity index (χ4n) is 8.60. The molecular weight excluding hydrogens is 913 g/mol. The molecule has 1 atom stereocenters. The van der Waals surface area contributed by atoms with Crippen molar-refractivity contribution >= 4 is 17.9 Å². The van der Waals surface area contributed by atoms with Crippen molar-refractivity contribution in [2.24, 2.45) is 0 Å². The van der Waals surface area contributed by atoms with E-state index in [9.17, 15) is 14.4 Å². The Balaban J connectivity index is 4.29. The predicted octanol–water partition coefficient (Wildman–Crippen LogP) is 21.3. The summed E-state index contributed by atoms with van der Waals surface area (Å²) in [7, 11) is 0. The smallest absolute Gasteiger partial charge is 0.306 e. The van der Waals surface area contributed by atoms with Gasteiger partial charge in [-0.2, -0.15) is 0 Å². The van der Waals surface area contributed by atoms with Crippen LogP contribution in [-0.4, -0.2) is 37.2 Å². The Hall–Kier alpha value is -3.67. The van der Waals surface area contributed by atoms with Crippen molar-refractivity contribution in [1.82, 2.24) is 0 Å². The second-order valence-electron chi connectivity index (χ2n) is 20.6. The van der Waals surface area contributed by atoms with Crippen LogP contribution < -0.4 is 0 Å². The number of esters is 3. The molecular formula is C68H116O6. The van der Waals surface area contributed by atoms with E-state index in [1.165, 1.54) is 122 Å². The van der Waals surface area contributed by atoms with Crippen molar-refractivity contribution in [2.45, 2.75) is 303 Å². The van der Waals surface area contributed by atoms with Crippen molar-refractivity contribution in [3.05, 3.63) is 97.2 Å². The highest BCUT2D eigenvalue weighted by Crippen LogP contribution is 2.16. The first-order chi connectivity index (χ1) is 36.5. The summed E-state index contributed by atoms with van der Waals surface area (Å²) >= 11 is 0. The van der Waals surface area contributed by atoms with Crippen LogP contribution in [0.3, 0.4) is 0 Å². The predicted molar refractivity (Wildman–Crippen MR) is 320 cm³/mol. The van der Waals surface area contributed by atoms with Gasteiger partial charge in [0.25, 0.3) is 0 Å². The SMILES string of the molecule is CC/C=C\C/C=C\C/C=C\C/C=C\CCCCCCCCCCCCCCCCC(=O)OCC(COC(=O)CCCCCCC/C=C\C/C=C\CCCC)OC(=O)CCCCCCC/C=C\C/C=C\CCCCC. The number of ether oxygens (including phenoxy) is 3. The molecule has 0 heterocycles. The molecule has 6 nitrogen and oxygen atoms in total. The Morgan fingerprint density at radius 2 is 0.541 bits per heavy atom. The van der Waals surface area contributed by atoms with Gasteiger partial charge >= 0.3 is 17.9 Å². The summed E-state index contributed by atoms with van der Waals surface area (Å²) in [6.45, 7) is 6.46. The highest BCUT2D eigenvalue weighted by molar-refractivity contribution is 5.71. The quantitative estimate of drug-likeness (QED) is 0.0261. The van der Waals surface area contributed by atoms with Crippen LogP contribution in [0.4, 0.5) is 0 Å². The molecule has 0 bridgehead atoms. The molecule has 0 aromatic carbocycles. The molecule has 1 unspecified atom stereocenters. The molecule has 6 heteroatoms. The Kier molecular flexibility index (Phi) is 58.8. The number of unbranched alkanes of at least 4 members (excludes halogenated alkanes) is 29. The van der Waals surface area contributed by atoms with Crippen molar-refractivity contribution in [1.29, 1.82) is 0 Å². The number of allylic oxidation sites excluding steroid dienone is 16. The van der Waals surface area contributed by atoms with Gasteiger partial charge in [0.05, 0.1) is 0 Å². The van der Waals surface area contributed by atoms with E-state index in [-0.39, 0.29) is 31.1 Å². The lowest BCUT2D eigenvalue weighted by molar-refractivity contribution is -0.167. The molecule has 0 N–H and O–H groups in total. The zero-order valence-electron chi connectivity index (χ0n) is 48.6. The van der Waals surface area contributed by atoms with Gasteiger partial charge in [-0.25, -0.2) is 0 Å². The fraction of sp³-hybridized carbons (Fsp3) is 0.721. The molecule has 0 fully saturated rings. The van der Waals surface area contributed by atoms with E-state index in [2.05, 4.69) is 118 Å². The molecule has 0 saturated carbocycles. The molecule has 0 aromatic rings. The van der Waals surface area contributed by atoms with Crippen LogP contribution in [0.2, 0.25) is 0 Å². The maximum absolute atomic E-state index is 12.9. The van der Waals surface area contributed by atoms with E-state index >= 15 is 0 Å². The zero-order chi connectivity index (χ0) is 53.6. The van der Waals surface area contributed by atoms with Crippen molar-refractivity contribution in [2.75, 3.05) is 13.2 Å². The van der Waals surface area contributed by atoms with Crippen LogP contribution in [0.15, 0.2) is 97.2 Å². The van der Waals surface area contributed by atoms with Gasteiger partial charge in [0.15, 0.2) is 6.10 Å². The molecule has 0 saturated heterocycles. The summed E-state index contributed by atoms with van der Waals surface area (Å²) < 4.78 is 16.9. The van der Waals surface area contributed by atoms with E-state index in [1.54, 1.807) is 0 Å². The summed E-state index contributed by atoms with van der Waals surface area (Å²) in [4.78, 5) is 38.2. The van der Waals surface area contributed by atoms with Gasteiger partial charge in [-0.05, 0) is 116 Å². The molecule has 74 heavy (non-hydrogen) atoms. The second kappa shape index (κ2) is 61.9. The normalized spacial score (nSPS) is 12.7. The third kappa shape index (κ3) is 59.2. The number of rotatable bonds is 56. The molecule has 0 aliphatic rings. The largest absolute Gasteiger partial charge is 0.462 e. The van der Waals surface area contributed by atoms with Gasteiger partial charge in [0.1, 0.15) is 13.2 Å². The third-order valence-corrected chi connectivity index (χ3v) is 13.3. The minimum absolute atomic E-state index is 0.0870. The molecule has 0 amide bonds. The first kappa shape index (κ1) is 70.3. The Morgan fingerprint density at radius 1 is 0.284 bits per heavy atom. The number of hydrogen-bond donors (Lipinski definition) is 0. The fourth-order valence-corrected chi connectivity index (χ4v) is 8.60. The number of carbonyl (C=O) groups excluding carboxylic acids is 3. The summed E-state index contributed by atoms with van der Waals surface area (Å²) in [5.41, 5.74) is 0. The van der Waals surface area contributed by atoms with Crippen molar-refractivity contribution in [3.63, 3.8) is 0 Å². The highest BCUT2D eigenvalue weighted by Gasteiger charge is 2.19. The van der Waals surface area contributed by atoms with Gasteiger partial charge < -0.3 is 14.2 Å². The third-order valence-electron chi connectivity index (χ3n) is 13.3. The standard InChI is InChI=1S/C68H116O6/c1-4-7-10-13-16-19-22-25-28-29-30-31-32-33-34-35-36-37-38-39-41-43-46-49-52-55-58-61-67(70)73-64-65(63-72-66(69)60-57-54-51-48-45-42-27-24-21-18-15-12-9-6-3)74-68(71)62-59-56-53-50-47-44-40-26-23-20-17-14-11-8-5-2/h7,10,15-20,24-28,30-31,40,65H,4-6,8-9,11-14,21-23,29,32-39,41-64H2,1-3H3/b10-7-,18-15-,19-16-,20-17-,27-24-,28-25-,31-30-,40-26-. The lowest BCUT2D eigenvalue weighted by atomic mass is 10.0. The van der Waals surface area contributed by atoms with Crippen LogP contribution in [-0.2, 0) is 28.6 Å². The summed E-state index contributed by atoms with van der Waals surface area (Å²) in [6.07, 6.45) is 82.7. The maximum Gasteiger partial charge on any atom is 0.306 e. The van der Waals surface area contributed by atoms with Crippen LogP contribution >= 0.6 is 0 Å². The van der Waals surface area contributed by atoms with Crippen LogP contribution in [0.1, 0.15) is 297 Å². The first-order valence-electron chi connectivity index (χ1n) is 31.2. The molecule has 424 valence electrons. The minimum Gasteiger partial charge on any atom is -0.462 e. The van der Waals surface area contributed by atoms with Crippen molar-refractivity contribution in [3.8, 4) is 0 Å². The lowest BCUT2D eigenvalue weighted by Crippen LogP contribution is -2.30. The number of hydrogen-bond acceptors (Lipinski definition) is 6. The minimum atomic E-state index is -0.791. The molecule has 0 rings (SSSR count). The van der Waals surface area contributed by atoms with E-state index in [0.29, 0.717) is 19.3 Å². The Bertz CT molecular complexity index is 1460. The molecule has 0 aliphatic carbocycles. The molecule has 0 radical (unpaired) electrons. The summed E-state index contributed by atoms with van der Waals surface area (Å²) in [5.74, 6) is -0.908. The van der Waals surface area contributed by atoms with Gasteiger partial charge in [-0.3, -0.25) is 14.4 Å². The van der Waals surface area contributed by atoms with Gasteiger partial charge in [0, 0.05) is 19.3 Å².